The molecule has 0 aliphatic carbocycles. The molecule has 0 fully saturated rings. The lowest BCUT2D eigenvalue weighted by atomic mass is 10.1. The summed E-state index contributed by atoms with van der Waals surface area (Å²) in [6.07, 6.45) is 0.120. The minimum Gasteiger partial charge on any atom is -0.519 e. The molecule has 0 saturated heterocycles. The third-order valence-corrected chi connectivity index (χ3v) is 3.05. The molecule has 100 valence electrons. The first kappa shape index (κ1) is 14.8. The molecule has 0 radical (unpaired) electrons. The molecule has 0 bridgehead atoms. The molecule has 0 N–H and O–H groups in total. The second kappa shape index (κ2) is 6.09. The highest BCUT2D eigenvalue weighted by Gasteiger charge is 2.21. The maximum Gasteiger partial charge on any atom is 0.269 e. The number of hydrogen-bond acceptors (Lipinski definition) is 2. The van der Waals surface area contributed by atoms with Crippen LogP contribution >= 0.6 is 0 Å². The van der Waals surface area contributed by atoms with Crippen LogP contribution in [-0.4, -0.2) is 14.4 Å². The second-order valence-electron chi connectivity index (χ2n) is 5.66. The number of rotatable bonds is 5. The molecule has 0 aliphatic heterocycles. The van der Waals surface area contributed by atoms with E-state index < -0.39 is 8.32 Å². The van der Waals surface area contributed by atoms with Crippen LogP contribution in [0.1, 0.15) is 26.3 Å². The summed E-state index contributed by atoms with van der Waals surface area (Å²) < 4.78 is 11.9. The monoisotopic (exact) mass is 264 g/mol. The zero-order valence-corrected chi connectivity index (χ0v) is 13.3. The second-order valence-corrected chi connectivity index (χ2v) is 10.1. The van der Waals surface area contributed by atoms with Gasteiger partial charge in [-0.1, -0.05) is 30.3 Å². The molecule has 1 aromatic carbocycles. The molecule has 18 heavy (non-hydrogen) atoms. The summed E-state index contributed by atoms with van der Waals surface area (Å²) in [5.41, 5.74) is 2.21. The predicted octanol–water partition coefficient (Wildman–Crippen LogP) is 4.65. The number of benzene rings is 1. The van der Waals surface area contributed by atoms with Crippen molar-refractivity contribution in [2.45, 2.75) is 46.5 Å². The van der Waals surface area contributed by atoms with Crippen LogP contribution in [0.5, 0.6) is 0 Å². The standard InChI is InChI=1S/C15H24O2Si/c1-12(2)16-15(17-18(4,5)6)13(3)14-10-8-7-9-11-14/h7-12H,1-6H3/b15-13-. The zero-order chi connectivity index (χ0) is 13.8. The van der Waals surface area contributed by atoms with Gasteiger partial charge in [-0.15, -0.1) is 0 Å². The van der Waals surface area contributed by atoms with Crippen LogP contribution in [0.15, 0.2) is 36.3 Å². The first-order valence-electron chi connectivity index (χ1n) is 6.41. The fourth-order valence-corrected chi connectivity index (χ4v) is 2.24. The summed E-state index contributed by atoms with van der Waals surface area (Å²) in [4.78, 5) is 0. The molecule has 0 unspecified atom stereocenters. The van der Waals surface area contributed by atoms with E-state index in [9.17, 15) is 0 Å². The molecule has 0 heterocycles. The molecule has 1 rings (SSSR count). The van der Waals surface area contributed by atoms with E-state index >= 15 is 0 Å². The molecule has 1 aromatic rings. The SMILES string of the molecule is C/C(=C(\OC(C)C)O[Si](C)(C)C)c1ccccc1. The predicted molar refractivity (Wildman–Crippen MR) is 79.7 cm³/mol. The summed E-state index contributed by atoms with van der Waals surface area (Å²) in [5, 5.41) is 0. The lowest BCUT2D eigenvalue weighted by Crippen LogP contribution is -2.27. The van der Waals surface area contributed by atoms with Crippen LogP contribution in [0, 0.1) is 0 Å². The smallest absolute Gasteiger partial charge is 0.269 e. The quantitative estimate of drug-likeness (QED) is 0.569. The van der Waals surface area contributed by atoms with E-state index in [-0.39, 0.29) is 6.10 Å². The van der Waals surface area contributed by atoms with Crippen LogP contribution in [0.25, 0.3) is 5.57 Å². The van der Waals surface area contributed by atoms with Gasteiger partial charge in [-0.25, -0.2) is 0 Å². The molecular weight excluding hydrogens is 240 g/mol. The Balaban J connectivity index is 3.07. The molecule has 0 aromatic heterocycles. The van der Waals surface area contributed by atoms with Crippen molar-refractivity contribution in [3.63, 3.8) is 0 Å². The van der Waals surface area contributed by atoms with Crippen molar-refractivity contribution in [1.29, 1.82) is 0 Å². The van der Waals surface area contributed by atoms with E-state index in [0.717, 1.165) is 11.1 Å². The van der Waals surface area contributed by atoms with Crippen LogP contribution in [0.2, 0.25) is 19.6 Å². The van der Waals surface area contributed by atoms with E-state index in [0.29, 0.717) is 5.95 Å². The Morgan fingerprint density at radius 1 is 1.06 bits per heavy atom. The zero-order valence-electron chi connectivity index (χ0n) is 12.3. The topological polar surface area (TPSA) is 18.5 Å². The Hall–Kier alpha value is -1.22. The number of hydrogen-bond donors (Lipinski definition) is 0. The maximum atomic E-state index is 6.06. The number of allylic oxidation sites excluding steroid dienone is 1. The van der Waals surface area contributed by atoms with E-state index in [4.69, 9.17) is 9.16 Å². The highest BCUT2D eigenvalue weighted by Crippen LogP contribution is 2.24. The Kier molecular flexibility index (Phi) is 5.02. The van der Waals surface area contributed by atoms with Crippen molar-refractivity contribution < 1.29 is 9.16 Å². The average Bonchev–Trinajstić information content (AvgIpc) is 2.26. The molecule has 0 saturated carbocycles. The van der Waals surface area contributed by atoms with Gasteiger partial charge in [-0.05, 0) is 46.0 Å². The van der Waals surface area contributed by atoms with Gasteiger partial charge in [0.1, 0.15) is 0 Å². The van der Waals surface area contributed by atoms with Crippen molar-refractivity contribution in [3.8, 4) is 0 Å². The van der Waals surface area contributed by atoms with E-state index in [2.05, 4.69) is 31.8 Å². The number of ether oxygens (including phenoxy) is 1. The minimum atomic E-state index is -1.67. The van der Waals surface area contributed by atoms with Crippen molar-refractivity contribution in [2.75, 3.05) is 0 Å². The lowest BCUT2D eigenvalue weighted by Gasteiger charge is -2.25. The molecule has 0 spiro atoms. The van der Waals surface area contributed by atoms with E-state index in [1.54, 1.807) is 0 Å². The fraction of sp³-hybridized carbons (Fsp3) is 0.467. The van der Waals surface area contributed by atoms with Crippen LogP contribution in [-0.2, 0) is 9.16 Å². The highest BCUT2D eigenvalue weighted by molar-refractivity contribution is 6.70. The molecular formula is C15H24O2Si. The third-order valence-electron chi connectivity index (χ3n) is 2.25. The Morgan fingerprint density at radius 3 is 2.06 bits per heavy atom. The van der Waals surface area contributed by atoms with Gasteiger partial charge in [0.15, 0.2) is 0 Å². The van der Waals surface area contributed by atoms with Crippen molar-refractivity contribution in [3.05, 3.63) is 41.8 Å². The third kappa shape index (κ3) is 4.96. The van der Waals surface area contributed by atoms with E-state index in [1.165, 1.54) is 0 Å². The largest absolute Gasteiger partial charge is 0.519 e. The summed E-state index contributed by atoms with van der Waals surface area (Å²) in [6, 6.07) is 10.2. The minimum absolute atomic E-state index is 0.120. The van der Waals surface area contributed by atoms with E-state index in [1.807, 2.05) is 39.0 Å². The summed E-state index contributed by atoms with van der Waals surface area (Å²) in [6.45, 7) is 12.6. The van der Waals surface area contributed by atoms with Gasteiger partial charge < -0.3 is 9.16 Å². The summed E-state index contributed by atoms with van der Waals surface area (Å²) >= 11 is 0. The van der Waals surface area contributed by atoms with Crippen molar-refractivity contribution >= 4 is 13.9 Å². The molecule has 0 aliphatic rings. The molecule has 0 amide bonds. The first-order valence-corrected chi connectivity index (χ1v) is 9.82. The summed E-state index contributed by atoms with van der Waals surface area (Å²) in [5.74, 6) is 0.676. The first-order chi connectivity index (χ1) is 8.29. The van der Waals surface area contributed by atoms with Gasteiger partial charge in [0, 0.05) is 5.57 Å². The Labute approximate surface area is 112 Å². The molecule has 0 atom stereocenters. The fourth-order valence-electron chi connectivity index (χ4n) is 1.49. The van der Waals surface area contributed by atoms with Gasteiger partial charge >= 0.3 is 0 Å². The van der Waals surface area contributed by atoms with Gasteiger partial charge in [0.25, 0.3) is 5.95 Å². The van der Waals surface area contributed by atoms with Crippen LogP contribution in [0.3, 0.4) is 0 Å². The summed E-state index contributed by atoms with van der Waals surface area (Å²) in [7, 11) is -1.67. The van der Waals surface area contributed by atoms with Crippen molar-refractivity contribution in [2.24, 2.45) is 0 Å². The van der Waals surface area contributed by atoms with Crippen molar-refractivity contribution in [1.82, 2.24) is 0 Å². The van der Waals surface area contributed by atoms with Gasteiger partial charge in [-0.2, -0.15) is 0 Å². The Morgan fingerprint density at radius 2 is 1.61 bits per heavy atom. The van der Waals surface area contributed by atoms with Gasteiger partial charge in [-0.3, -0.25) is 0 Å². The van der Waals surface area contributed by atoms with Gasteiger partial charge in [0.2, 0.25) is 8.32 Å². The lowest BCUT2D eigenvalue weighted by molar-refractivity contribution is 0.0621. The normalized spacial score (nSPS) is 13.3. The van der Waals surface area contributed by atoms with Crippen LogP contribution in [0.4, 0.5) is 0 Å². The highest BCUT2D eigenvalue weighted by atomic mass is 28.4. The maximum absolute atomic E-state index is 6.06. The Bertz CT molecular complexity index is 402. The molecule has 2 nitrogen and oxygen atoms in total. The molecule has 3 heteroatoms. The average molecular weight is 264 g/mol. The van der Waals surface area contributed by atoms with Gasteiger partial charge in [0.05, 0.1) is 6.10 Å². The van der Waals surface area contributed by atoms with Crippen LogP contribution < -0.4 is 0 Å².